The second-order valence-corrected chi connectivity index (χ2v) is 6.33. The zero-order chi connectivity index (χ0) is 18.4. The van der Waals surface area contributed by atoms with Crippen molar-refractivity contribution in [1.82, 2.24) is 0 Å². The van der Waals surface area contributed by atoms with Crippen molar-refractivity contribution < 1.29 is 14.3 Å². The lowest BCUT2D eigenvalue weighted by Crippen LogP contribution is -2.15. The first-order valence-electron chi connectivity index (χ1n) is 7.93. The number of benzene rings is 2. The van der Waals surface area contributed by atoms with E-state index in [2.05, 4.69) is 5.32 Å². The molecule has 0 bridgehead atoms. The molecule has 1 N–H and O–H groups in total. The quantitative estimate of drug-likeness (QED) is 0.714. The Morgan fingerprint density at radius 1 is 1.16 bits per heavy atom. The summed E-state index contributed by atoms with van der Waals surface area (Å²) in [6.45, 7) is 3.83. The molecule has 0 aliphatic carbocycles. The Labute approximate surface area is 157 Å². The third-order valence-corrected chi connectivity index (χ3v) is 4.33. The molecular formula is C19H19Cl2NO3. The SMILES string of the molecule is CCOC(=O)c1cccc(NC(=O)CCc2ccc(Cl)cc2Cl)c1C. The van der Waals surface area contributed by atoms with E-state index in [9.17, 15) is 9.59 Å². The lowest BCUT2D eigenvalue weighted by molar-refractivity contribution is -0.116. The van der Waals surface area contributed by atoms with E-state index in [0.717, 1.165) is 5.56 Å². The first kappa shape index (κ1) is 19.3. The Bertz CT molecular complexity index is 790. The second kappa shape index (κ2) is 8.88. The first-order chi connectivity index (χ1) is 11.9. The van der Waals surface area contributed by atoms with Gasteiger partial charge in [0.25, 0.3) is 0 Å². The number of hydrogen-bond acceptors (Lipinski definition) is 3. The predicted octanol–water partition coefficient (Wildman–Crippen LogP) is 5.05. The molecule has 0 aliphatic rings. The van der Waals surface area contributed by atoms with Crippen LogP contribution < -0.4 is 5.32 Å². The molecular weight excluding hydrogens is 361 g/mol. The molecule has 0 spiro atoms. The molecule has 0 fully saturated rings. The first-order valence-corrected chi connectivity index (χ1v) is 8.68. The minimum Gasteiger partial charge on any atom is -0.462 e. The molecule has 0 heterocycles. The lowest BCUT2D eigenvalue weighted by atomic mass is 10.1. The van der Waals surface area contributed by atoms with Crippen LogP contribution in [-0.4, -0.2) is 18.5 Å². The minimum absolute atomic E-state index is 0.157. The Morgan fingerprint density at radius 2 is 1.92 bits per heavy atom. The van der Waals surface area contributed by atoms with Gasteiger partial charge in [0, 0.05) is 22.2 Å². The van der Waals surface area contributed by atoms with Crippen LogP contribution in [0.5, 0.6) is 0 Å². The third-order valence-electron chi connectivity index (χ3n) is 3.74. The van der Waals surface area contributed by atoms with Crippen LogP contribution in [0.15, 0.2) is 36.4 Å². The van der Waals surface area contributed by atoms with Gasteiger partial charge < -0.3 is 10.1 Å². The highest BCUT2D eigenvalue weighted by atomic mass is 35.5. The van der Waals surface area contributed by atoms with Crippen LogP contribution in [-0.2, 0) is 16.0 Å². The summed E-state index contributed by atoms with van der Waals surface area (Å²) in [6, 6.07) is 10.4. The van der Waals surface area contributed by atoms with Crippen LogP contribution in [0.2, 0.25) is 10.0 Å². The minimum atomic E-state index is -0.399. The van der Waals surface area contributed by atoms with E-state index < -0.39 is 5.97 Å². The number of ether oxygens (including phenoxy) is 1. The fourth-order valence-corrected chi connectivity index (χ4v) is 2.89. The molecule has 0 atom stereocenters. The van der Waals surface area contributed by atoms with Crippen molar-refractivity contribution in [2.75, 3.05) is 11.9 Å². The van der Waals surface area contributed by atoms with Crippen LogP contribution in [0, 0.1) is 6.92 Å². The molecule has 0 saturated heterocycles. The van der Waals surface area contributed by atoms with Crippen LogP contribution in [0.1, 0.15) is 34.8 Å². The number of carbonyl (C=O) groups is 2. The van der Waals surface area contributed by atoms with Crippen LogP contribution in [0.4, 0.5) is 5.69 Å². The average molecular weight is 380 g/mol. The number of halogens is 2. The molecule has 4 nitrogen and oxygen atoms in total. The van der Waals surface area contributed by atoms with Gasteiger partial charge in [-0.25, -0.2) is 4.79 Å². The summed E-state index contributed by atoms with van der Waals surface area (Å²) >= 11 is 12.0. The van der Waals surface area contributed by atoms with Gasteiger partial charge in [0.1, 0.15) is 0 Å². The monoisotopic (exact) mass is 379 g/mol. The normalized spacial score (nSPS) is 10.4. The van der Waals surface area contributed by atoms with Gasteiger partial charge in [0.15, 0.2) is 0 Å². The summed E-state index contributed by atoms with van der Waals surface area (Å²) in [5, 5.41) is 3.94. The molecule has 2 aromatic carbocycles. The summed E-state index contributed by atoms with van der Waals surface area (Å²) < 4.78 is 5.02. The number of esters is 1. The number of carbonyl (C=O) groups excluding carboxylic acids is 2. The molecule has 132 valence electrons. The highest BCUT2D eigenvalue weighted by molar-refractivity contribution is 6.35. The molecule has 1 amide bonds. The van der Waals surface area contributed by atoms with Crippen molar-refractivity contribution in [3.8, 4) is 0 Å². The van der Waals surface area contributed by atoms with Gasteiger partial charge in [-0.05, 0) is 55.7 Å². The van der Waals surface area contributed by atoms with Crippen molar-refractivity contribution in [2.24, 2.45) is 0 Å². The molecule has 0 radical (unpaired) electrons. The highest BCUT2D eigenvalue weighted by Gasteiger charge is 2.14. The van der Waals surface area contributed by atoms with E-state index >= 15 is 0 Å². The zero-order valence-electron chi connectivity index (χ0n) is 14.1. The second-order valence-electron chi connectivity index (χ2n) is 5.48. The van der Waals surface area contributed by atoms with Crippen molar-refractivity contribution >= 4 is 40.8 Å². The number of rotatable bonds is 6. The van der Waals surface area contributed by atoms with Crippen molar-refractivity contribution in [3.05, 3.63) is 63.1 Å². The molecule has 6 heteroatoms. The fraction of sp³-hybridized carbons (Fsp3) is 0.263. The summed E-state index contributed by atoms with van der Waals surface area (Å²) in [4.78, 5) is 24.1. The maximum Gasteiger partial charge on any atom is 0.338 e. The Morgan fingerprint density at radius 3 is 2.60 bits per heavy atom. The van der Waals surface area contributed by atoms with E-state index in [1.54, 1.807) is 44.2 Å². The summed E-state index contributed by atoms with van der Waals surface area (Å²) in [6.07, 6.45) is 0.767. The number of amides is 1. The van der Waals surface area contributed by atoms with E-state index in [-0.39, 0.29) is 12.3 Å². The van der Waals surface area contributed by atoms with Gasteiger partial charge in [-0.15, -0.1) is 0 Å². The van der Waals surface area contributed by atoms with Crippen LogP contribution in [0.25, 0.3) is 0 Å². The molecule has 25 heavy (non-hydrogen) atoms. The average Bonchev–Trinajstić information content (AvgIpc) is 2.56. The van der Waals surface area contributed by atoms with E-state index in [1.165, 1.54) is 0 Å². The zero-order valence-corrected chi connectivity index (χ0v) is 15.6. The fourth-order valence-electron chi connectivity index (χ4n) is 2.39. The summed E-state index contributed by atoms with van der Waals surface area (Å²) in [5.74, 6) is -0.556. The Balaban J connectivity index is 2.03. The van der Waals surface area contributed by atoms with Gasteiger partial charge in [-0.3, -0.25) is 4.79 Å². The van der Waals surface area contributed by atoms with Gasteiger partial charge >= 0.3 is 5.97 Å². The molecule has 0 aromatic heterocycles. The predicted molar refractivity (Wildman–Crippen MR) is 101 cm³/mol. The van der Waals surface area contributed by atoms with Crippen molar-refractivity contribution in [1.29, 1.82) is 0 Å². The van der Waals surface area contributed by atoms with Crippen LogP contribution in [0.3, 0.4) is 0 Å². The molecule has 2 rings (SSSR count). The highest BCUT2D eigenvalue weighted by Crippen LogP contribution is 2.23. The Kier molecular flexibility index (Phi) is 6.85. The standard InChI is InChI=1S/C19H19Cl2NO3/c1-3-25-19(24)15-5-4-6-17(12(15)2)22-18(23)10-8-13-7-9-14(20)11-16(13)21/h4-7,9,11H,3,8,10H2,1-2H3,(H,22,23). The van der Waals surface area contributed by atoms with E-state index in [4.69, 9.17) is 27.9 Å². The van der Waals surface area contributed by atoms with Gasteiger partial charge in [-0.2, -0.15) is 0 Å². The number of aryl methyl sites for hydroxylation is 1. The third kappa shape index (κ3) is 5.21. The lowest BCUT2D eigenvalue weighted by Gasteiger charge is -2.12. The summed E-state index contributed by atoms with van der Waals surface area (Å²) in [5.41, 5.74) is 2.58. The van der Waals surface area contributed by atoms with Gasteiger partial charge in [-0.1, -0.05) is 35.3 Å². The number of nitrogens with one attached hydrogen (secondary N) is 1. The van der Waals surface area contributed by atoms with Crippen molar-refractivity contribution in [3.63, 3.8) is 0 Å². The van der Waals surface area contributed by atoms with Crippen LogP contribution >= 0.6 is 23.2 Å². The van der Waals surface area contributed by atoms with Gasteiger partial charge in [0.2, 0.25) is 5.91 Å². The number of hydrogen-bond donors (Lipinski definition) is 1. The molecule has 0 unspecified atom stereocenters. The molecule has 2 aromatic rings. The van der Waals surface area contributed by atoms with E-state index in [1.807, 2.05) is 6.07 Å². The number of anilines is 1. The Hall–Kier alpha value is -2.04. The van der Waals surface area contributed by atoms with Gasteiger partial charge in [0.05, 0.1) is 12.2 Å². The molecule has 0 aliphatic heterocycles. The summed E-state index contributed by atoms with van der Waals surface area (Å²) in [7, 11) is 0. The van der Waals surface area contributed by atoms with Crippen molar-refractivity contribution in [2.45, 2.75) is 26.7 Å². The van der Waals surface area contributed by atoms with E-state index in [0.29, 0.717) is 39.9 Å². The largest absolute Gasteiger partial charge is 0.462 e. The maximum atomic E-state index is 12.2. The maximum absolute atomic E-state index is 12.2. The topological polar surface area (TPSA) is 55.4 Å². The molecule has 0 saturated carbocycles. The smallest absolute Gasteiger partial charge is 0.338 e.